The largest absolute Gasteiger partial charge is 0.480 e. The third kappa shape index (κ3) is 2.51. The van der Waals surface area contributed by atoms with E-state index in [4.69, 9.17) is 5.11 Å². The molecule has 0 saturated carbocycles. The average Bonchev–Trinajstić information content (AvgIpc) is 2.68. The maximum absolute atomic E-state index is 12.2. The van der Waals surface area contributed by atoms with Crippen LogP contribution in [0.3, 0.4) is 0 Å². The number of piperazine rings is 1. The van der Waals surface area contributed by atoms with E-state index >= 15 is 0 Å². The zero-order valence-corrected chi connectivity index (χ0v) is 10.5. The fraction of sp³-hybridized carbons (Fsp3) is 0.636. The summed E-state index contributed by atoms with van der Waals surface area (Å²) in [5, 5.41) is 11.2. The van der Waals surface area contributed by atoms with Crippen molar-refractivity contribution in [1.82, 2.24) is 15.1 Å². The van der Waals surface area contributed by atoms with E-state index in [1.165, 1.54) is 4.90 Å². The summed E-state index contributed by atoms with van der Waals surface area (Å²) in [4.78, 5) is 48.1. The topological polar surface area (TPSA) is 107 Å². The van der Waals surface area contributed by atoms with Gasteiger partial charge in [0, 0.05) is 6.54 Å². The number of nitrogens with zero attached hydrogens (tertiary/aromatic N) is 2. The molecule has 19 heavy (non-hydrogen) atoms. The first kappa shape index (κ1) is 13.3. The maximum atomic E-state index is 12.2. The normalized spacial score (nSPS) is 27.4. The Kier molecular flexibility index (Phi) is 3.41. The van der Waals surface area contributed by atoms with Gasteiger partial charge in [-0.05, 0) is 12.3 Å². The number of amides is 4. The molecule has 8 nitrogen and oxygen atoms in total. The molecule has 0 aliphatic carbocycles. The molecule has 2 N–H and O–H groups in total. The van der Waals surface area contributed by atoms with Crippen LogP contribution in [0.5, 0.6) is 0 Å². The SMILES string of the molecule is CC1CCN(C(=O)N2CC(=O)NC(=O)C2)C1C(=O)O. The zero-order chi connectivity index (χ0) is 14.2. The molecular formula is C11H15N3O5. The second kappa shape index (κ2) is 4.87. The molecule has 2 heterocycles. The first-order valence-electron chi connectivity index (χ1n) is 6.01. The molecule has 2 rings (SSSR count). The number of hydrogen-bond acceptors (Lipinski definition) is 4. The predicted octanol–water partition coefficient (Wildman–Crippen LogP) is -1.14. The summed E-state index contributed by atoms with van der Waals surface area (Å²) < 4.78 is 0. The Morgan fingerprint density at radius 2 is 1.84 bits per heavy atom. The number of rotatable bonds is 1. The molecule has 104 valence electrons. The van der Waals surface area contributed by atoms with Gasteiger partial charge in [-0.2, -0.15) is 0 Å². The van der Waals surface area contributed by atoms with Crippen LogP contribution in [0.25, 0.3) is 0 Å². The van der Waals surface area contributed by atoms with E-state index in [-0.39, 0.29) is 19.0 Å². The molecule has 0 aromatic heterocycles. The first-order chi connectivity index (χ1) is 8.90. The maximum Gasteiger partial charge on any atom is 0.326 e. The molecule has 8 heteroatoms. The lowest BCUT2D eigenvalue weighted by molar-refractivity contribution is -0.142. The molecule has 2 fully saturated rings. The van der Waals surface area contributed by atoms with Crippen molar-refractivity contribution in [2.75, 3.05) is 19.6 Å². The van der Waals surface area contributed by atoms with Crippen LogP contribution in [-0.2, 0) is 14.4 Å². The van der Waals surface area contributed by atoms with E-state index < -0.39 is 29.9 Å². The Morgan fingerprint density at radius 1 is 1.26 bits per heavy atom. The van der Waals surface area contributed by atoms with Crippen molar-refractivity contribution in [2.24, 2.45) is 5.92 Å². The Morgan fingerprint density at radius 3 is 2.37 bits per heavy atom. The number of imide groups is 1. The van der Waals surface area contributed by atoms with Crippen molar-refractivity contribution in [2.45, 2.75) is 19.4 Å². The van der Waals surface area contributed by atoms with Crippen LogP contribution in [0.4, 0.5) is 4.79 Å². The van der Waals surface area contributed by atoms with Crippen molar-refractivity contribution < 1.29 is 24.3 Å². The second-order valence-electron chi connectivity index (χ2n) is 4.85. The van der Waals surface area contributed by atoms with Crippen LogP contribution < -0.4 is 5.32 Å². The van der Waals surface area contributed by atoms with Crippen LogP contribution in [0.15, 0.2) is 0 Å². The zero-order valence-electron chi connectivity index (χ0n) is 10.5. The minimum atomic E-state index is -1.06. The number of carboxylic acids is 1. The number of carboxylic acid groups (broad SMARTS) is 1. The quantitative estimate of drug-likeness (QED) is 0.585. The molecule has 2 aliphatic heterocycles. The van der Waals surface area contributed by atoms with E-state index in [1.54, 1.807) is 6.92 Å². The highest BCUT2D eigenvalue weighted by molar-refractivity contribution is 6.02. The second-order valence-corrected chi connectivity index (χ2v) is 4.85. The average molecular weight is 269 g/mol. The van der Waals surface area contributed by atoms with Crippen LogP contribution in [0.1, 0.15) is 13.3 Å². The third-order valence-corrected chi connectivity index (χ3v) is 3.42. The van der Waals surface area contributed by atoms with Crippen molar-refractivity contribution in [3.63, 3.8) is 0 Å². The van der Waals surface area contributed by atoms with Gasteiger partial charge in [-0.1, -0.05) is 6.92 Å². The van der Waals surface area contributed by atoms with Gasteiger partial charge >= 0.3 is 12.0 Å². The summed E-state index contributed by atoms with van der Waals surface area (Å²) in [7, 11) is 0. The Labute approximate surface area is 109 Å². The monoisotopic (exact) mass is 269 g/mol. The minimum Gasteiger partial charge on any atom is -0.480 e. The molecule has 0 aromatic carbocycles. The number of carbonyl (C=O) groups excluding carboxylic acids is 3. The summed E-state index contributed by atoms with van der Waals surface area (Å²) in [5.41, 5.74) is 0. The number of aliphatic carboxylic acids is 1. The van der Waals surface area contributed by atoms with Gasteiger partial charge in [-0.15, -0.1) is 0 Å². The van der Waals surface area contributed by atoms with Gasteiger partial charge in [0.05, 0.1) is 0 Å². The predicted molar refractivity (Wildman–Crippen MR) is 62.0 cm³/mol. The lowest BCUT2D eigenvalue weighted by Crippen LogP contribution is -2.58. The molecular weight excluding hydrogens is 254 g/mol. The molecule has 2 unspecified atom stereocenters. The van der Waals surface area contributed by atoms with Gasteiger partial charge in [-0.3, -0.25) is 14.9 Å². The fourth-order valence-electron chi connectivity index (χ4n) is 2.49. The lowest BCUT2D eigenvalue weighted by atomic mass is 10.0. The molecule has 2 saturated heterocycles. The lowest BCUT2D eigenvalue weighted by Gasteiger charge is -2.32. The van der Waals surface area contributed by atoms with Crippen LogP contribution in [0, 0.1) is 5.92 Å². The highest BCUT2D eigenvalue weighted by atomic mass is 16.4. The van der Waals surface area contributed by atoms with Gasteiger partial charge in [0.2, 0.25) is 11.8 Å². The molecule has 4 amide bonds. The van der Waals surface area contributed by atoms with E-state index in [0.29, 0.717) is 13.0 Å². The van der Waals surface area contributed by atoms with Crippen LogP contribution in [-0.4, -0.2) is 64.4 Å². The number of carbonyl (C=O) groups is 4. The van der Waals surface area contributed by atoms with E-state index in [1.807, 2.05) is 0 Å². The van der Waals surface area contributed by atoms with Crippen LogP contribution in [0.2, 0.25) is 0 Å². The van der Waals surface area contributed by atoms with Gasteiger partial charge in [-0.25, -0.2) is 9.59 Å². The van der Waals surface area contributed by atoms with Gasteiger partial charge in [0.25, 0.3) is 0 Å². The highest BCUT2D eigenvalue weighted by Gasteiger charge is 2.42. The minimum absolute atomic E-state index is 0.143. The standard InChI is InChI=1S/C11H15N3O5/c1-6-2-3-14(9(6)10(17)18)11(19)13-4-7(15)12-8(16)5-13/h6,9H,2-5H2,1H3,(H,17,18)(H,12,15,16). The molecule has 0 aromatic rings. The van der Waals surface area contributed by atoms with Gasteiger partial charge in [0.1, 0.15) is 19.1 Å². The molecule has 0 radical (unpaired) electrons. The molecule has 2 atom stereocenters. The van der Waals surface area contributed by atoms with Crippen molar-refractivity contribution in [1.29, 1.82) is 0 Å². The van der Waals surface area contributed by atoms with Crippen molar-refractivity contribution >= 4 is 23.8 Å². The molecule has 0 spiro atoms. The summed E-state index contributed by atoms with van der Waals surface area (Å²) in [6.45, 7) is 1.65. The summed E-state index contributed by atoms with van der Waals surface area (Å²) in [6, 6.07) is -1.47. The van der Waals surface area contributed by atoms with Crippen LogP contribution >= 0.6 is 0 Å². The van der Waals surface area contributed by atoms with Gasteiger partial charge < -0.3 is 14.9 Å². The molecule has 2 aliphatic rings. The summed E-state index contributed by atoms with van der Waals surface area (Å²) >= 11 is 0. The van der Waals surface area contributed by atoms with Crippen molar-refractivity contribution in [3.05, 3.63) is 0 Å². The van der Waals surface area contributed by atoms with E-state index in [2.05, 4.69) is 5.32 Å². The number of nitrogens with one attached hydrogen (secondary N) is 1. The number of likely N-dealkylation sites (tertiary alicyclic amines) is 1. The highest BCUT2D eigenvalue weighted by Crippen LogP contribution is 2.25. The Balaban J connectivity index is 2.12. The third-order valence-electron chi connectivity index (χ3n) is 3.42. The smallest absolute Gasteiger partial charge is 0.326 e. The Hall–Kier alpha value is -2.12. The van der Waals surface area contributed by atoms with Crippen molar-refractivity contribution in [3.8, 4) is 0 Å². The van der Waals surface area contributed by atoms with E-state index in [9.17, 15) is 19.2 Å². The molecule has 0 bridgehead atoms. The Bertz CT molecular complexity index is 434. The fourth-order valence-corrected chi connectivity index (χ4v) is 2.49. The van der Waals surface area contributed by atoms with Gasteiger partial charge in [0.15, 0.2) is 0 Å². The number of hydrogen-bond donors (Lipinski definition) is 2. The number of urea groups is 1. The van der Waals surface area contributed by atoms with E-state index in [0.717, 1.165) is 4.90 Å². The summed E-state index contributed by atoms with van der Waals surface area (Å²) in [5.74, 6) is -2.31. The summed E-state index contributed by atoms with van der Waals surface area (Å²) in [6.07, 6.45) is 0.594. The first-order valence-corrected chi connectivity index (χ1v) is 6.01.